The second-order valence-electron chi connectivity index (χ2n) is 4.48. The Bertz CT molecular complexity index is 478. The first-order chi connectivity index (χ1) is 8.33. The maximum Gasteiger partial charge on any atom is 0.307 e. The molecule has 102 valence electrons. The number of rotatable bonds is 7. The summed E-state index contributed by atoms with van der Waals surface area (Å²) in [5.74, 6) is -1.55. The Morgan fingerprint density at radius 2 is 2.17 bits per heavy atom. The van der Waals surface area contributed by atoms with Crippen LogP contribution in [0.2, 0.25) is 0 Å². The number of sulfonamides is 1. The second-order valence-corrected chi connectivity index (χ2v) is 6.24. The fourth-order valence-corrected chi connectivity index (χ4v) is 2.54. The molecule has 0 aliphatic rings. The fraction of sp³-hybridized carbons (Fsp3) is 0.545. The van der Waals surface area contributed by atoms with Crippen LogP contribution in [-0.2, 0) is 14.8 Å². The van der Waals surface area contributed by atoms with Gasteiger partial charge in [-0.25, -0.2) is 13.1 Å². The summed E-state index contributed by atoms with van der Waals surface area (Å²) in [6.45, 7) is 3.65. The predicted molar refractivity (Wildman–Crippen MR) is 64.5 cm³/mol. The molecule has 1 unspecified atom stereocenters. The zero-order valence-electron chi connectivity index (χ0n) is 10.3. The van der Waals surface area contributed by atoms with Crippen molar-refractivity contribution in [1.29, 1.82) is 0 Å². The van der Waals surface area contributed by atoms with Gasteiger partial charge in [0.25, 0.3) is 0 Å². The van der Waals surface area contributed by atoms with Crippen LogP contribution in [0.1, 0.15) is 20.3 Å². The van der Waals surface area contributed by atoms with Crippen molar-refractivity contribution < 1.29 is 22.7 Å². The Morgan fingerprint density at radius 1 is 1.50 bits per heavy atom. The third-order valence-electron chi connectivity index (χ3n) is 2.43. The molecule has 0 spiro atoms. The summed E-state index contributed by atoms with van der Waals surface area (Å²) in [5, 5.41) is 9.00. The van der Waals surface area contributed by atoms with E-state index in [1.165, 1.54) is 12.3 Å². The van der Waals surface area contributed by atoms with E-state index in [9.17, 15) is 13.2 Å². The molecule has 6 nitrogen and oxygen atoms in total. The number of carboxylic acids is 1. The molecule has 2 N–H and O–H groups in total. The van der Waals surface area contributed by atoms with E-state index >= 15 is 0 Å². The molecular formula is C11H17NO5S. The third-order valence-corrected chi connectivity index (χ3v) is 3.83. The molecule has 0 amide bonds. The summed E-state index contributed by atoms with van der Waals surface area (Å²) in [7, 11) is -3.69. The highest BCUT2D eigenvalue weighted by Gasteiger charge is 2.23. The smallest absolute Gasteiger partial charge is 0.307 e. The van der Waals surface area contributed by atoms with Crippen molar-refractivity contribution in [2.45, 2.75) is 25.2 Å². The molecule has 0 radical (unpaired) electrons. The van der Waals surface area contributed by atoms with Crippen LogP contribution in [0.25, 0.3) is 0 Å². The summed E-state index contributed by atoms with van der Waals surface area (Å²) >= 11 is 0. The molecule has 0 saturated carbocycles. The van der Waals surface area contributed by atoms with Gasteiger partial charge in [0, 0.05) is 6.54 Å². The molecule has 1 aromatic rings. The predicted octanol–water partition coefficient (Wildman–Crippen LogP) is 1.30. The van der Waals surface area contributed by atoms with Crippen LogP contribution < -0.4 is 4.72 Å². The highest BCUT2D eigenvalue weighted by Crippen LogP contribution is 2.13. The summed E-state index contributed by atoms with van der Waals surface area (Å²) in [6, 6.07) is 1.31. The molecule has 7 heteroatoms. The summed E-state index contributed by atoms with van der Waals surface area (Å²) in [6.07, 6.45) is 2.77. The number of carboxylic acid groups (broad SMARTS) is 1. The Labute approximate surface area is 106 Å². The van der Waals surface area contributed by atoms with Gasteiger partial charge < -0.3 is 9.52 Å². The van der Waals surface area contributed by atoms with E-state index in [4.69, 9.17) is 5.11 Å². The molecule has 1 rings (SSSR count). The van der Waals surface area contributed by atoms with Crippen LogP contribution in [0.5, 0.6) is 0 Å². The van der Waals surface area contributed by atoms with Crippen LogP contribution in [0.4, 0.5) is 0 Å². The second kappa shape index (κ2) is 6.01. The molecule has 0 saturated heterocycles. The first-order valence-corrected chi connectivity index (χ1v) is 7.06. The Hall–Kier alpha value is -1.34. The van der Waals surface area contributed by atoms with Gasteiger partial charge in [0.05, 0.1) is 12.2 Å². The Kier molecular flexibility index (Phi) is 4.92. The largest absolute Gasteiger partial charge is 0.481 e. The zero-order valence-corrected chi connectivity index (χ0v) is 11.1. The molecule has 0 aliphatic carbocycles. The lowest BCUT2D eigenvalue weighted by Gasteiger charge is -2.15. The quantitative estimate of drug-likeness (QED) is 0.782. The van der Waals surface area contributed by atoms with Gasteiger partial charge >= 0.3 is 5.97 Å². The highest BCUT2D eigenvalue weighted by molar-refractivity contribution is 7.89. The minimum Gasteiger partial charge on any atom is -0.481 e. The van der Waals surface area contributed by atoms with Gasteiger partial charge in [0.15, 0.2) is 0 Å². The highest BCUT2D eigenvalue weighted by atomic mass is 32.2. The molecule has 0 fully saturated rings. The summed E-state index contributed by atoms with van der Waals surface area (Å²) in [5.41, 5.74) is 0. The fourth-order valence-electron chi connectivity index (χ4n) is 1.54. The maximum absolute atomic E-state index is 11.7. The van der Waals surface area contributed by atoms with Gasteiger partial charge in [-0.05, 0) is 18.4 Å². The zero-order chi connectivity index (χ0) is 13.8. The maximum atomic E-state index is 11.7. The van der Waals surface area contributed by atoms with Gasteiger partial charge in [0.2, 0.25) is 10.0 Å². The van der Waals surface area contributed by atoms with Crippen molar-refractivity contribution in [2.24, 2.45) is 11.8 Å². The average Bonchev–Trinajstić information content (AvgIpc) is 2.77. The number of nitrogens with one attached hydrogen (secondary N) is 1. The van der Waals surface area contributed by atoms with E-state index in [-0.39, 0.29) is 17.4 Å². The summed E-state index contributed by atoms with van der Waals surface area (Å²) < 4.78 is 30.4. The minimum absolute atomic E-state index is 0.00353. The van der Waals surface area contributed by atoms with E-state index in [0.29, 0.717) is 6.42 Å². The van der Waals surface area contributed by atoms with Crippen molar-refractivity contribution in [2.75, 3.05) is 6.54 Å². The monoisotopic (exact) mass is 275 g/mol. The molecule has 1 heterocycles. The first kappa shape index (κ1) is 14.7. The number of carbonyl (C=O) groups is 1. The topological polar surface area (TPSA) is 96.6 Å². The third kappa shape index (κ3) is 4.15. The number of furan rings is 1. The SMILES string of the molecule is CC(C)CC(CNS(=O)(=O)c1ccoc1)C(=O)O. The summed E-state index contributed by atoms with van der Waals surface area (Å²) in [4.78, 5) is 11.0. The molecule has 0 aromatic carbocycles. The van der Waals surface area contributed by atoms with Gasteiger partial charge in [-0.1, -0.05) is 13.8 Å². The van der Waals surface area contributed by atoms with E-state index in [1.807, 2.05) is 13.8 Å². The Balaban J connectivity index is 2.65. The number of aliphatic carboxylic acids is 1. The van der Waals surface area contributed by atoms with Gasteiger partial charge in [-0.15, -0.1) is 0 Å². The van der Waals surface area contributed by atoms with Crippen molar-refractivity contribution >= 4 is 16.0 Å². The van der Waals surface area contributed by atoms with Crippen molar-refractivity contribution in [3.05, 3.63) is 18.6 Å². The van der Waals surface area contributed by atoms with Crippen molar-refractivity contribution in [1.82, 2.24) is 4.72 Å². The number of hydrogen-bond donors (Lipinski definition) is 2. The molecule has 1 aromatic heterocycles. The lowest BCUT2D eigenvalue weighted by atomic mass is 9.98. The number of hydrogen-bond acceptors (Lipinski definition) is 4. The van der Waals surface area contributed by atoms with Crippen LogP contribution in [0.3, 0.4) is 0 Å². The average molecular weight is 275 g/mol. The Morgan fingerprint density at radius 3 is 2.61 bits per heavy atom. The van der Waals surface area contributed by atoms with Crippen LogP contribution in [0.15, 0.2) is 27.9 Å². The normalized spacial score (nSPS) is 13.7. The molecule has 0 bridgehead atoms. The van der Waals surface area contributed by atoms with Gasteiger partial charge in [0.1, 0.15) is 11.2 Å². The van der Waals surface area contributed by atoms with E-state index in [0.717, 1.165) is 6.26 Å². The van der Waals surface area contributed by atoms with Crippen LogP contribution in [0, 0.1) is 11.8 Å². The van der Waals surface area contributed by atoms with E-state index in [1.54, 1.807) is 0 Å². The molecular weight excluding hydrogens is 258 g/mol. The van der Waals surface area contributed by atoms with Crippen LogP contribution >= 0.6 is 0 Å². The first-order valence-electron chi connectivity index (χ1n) is 5.57. The standard InChI is InChI=1S/C11H17NO5S/c1-8(2)5-9(11(13)14)6-12-18(15,16)10-3-4-17-7-10/h3-4,7-9,12H,5-6H2,1-2H3,(H,13,14). The van der Waals surface area contributed by atoms with Crippen molar-refractivity contribution in [3.63, 3.8) is 0 Å². The lowest BCUT2D eigenvalue weighted by Crippen LogP contribution is -2.33. The van der Waals surface area contributed by atoms with Crippen molar-refractivity contribution in [3.8, 4) is 0 Å². The van der Waals surface area contributed by atoms with E-state index < -0.39 is 21.9 Å². The van der Waals surface area contributed by atoms with Gasteiger partial charge in [-0.2, -0.15) is 0 Å². The van der Waals surface area contributed by atoms with Crippen LogP contribution in [-0.4, -0.2) is 26.0 Å². The minimum atomic E-state index is -3.69. The molecule has 18 heavy (non-hydrogen) atoms. The van der Waals surface area contributed by atoms with E-state index in [2.05, 4.69) is 9.14 Å². The lowest BCUT2D eigenvalue weighted by molar-refractivity contribution is -0.142. The molecule has 1 atom stereocenters. The molecule has 0 aliphatic heterocycles. The van der Waals surface area contributed by atoms with Gasteiger partial charge in [-0.3, -0.25) is 4.79 Å².